The second kappa shape index (κ2) is 3.69. The van der Waals surface area contributed by atoms with Gasteiger partial charge in [-0.2, -0.15) is 0 Å². The molecule has 1 aliphatic carbocycles. The summed E-state index contributed by atoms with van der Waals surface area (Å²) in [6.45, 7) is 2.17. The minimum atomic E-state index is -2.86. The van der Waals surface area contributed by atoms with Crippen molar-refractivity contribution in [2.45, 2.75) is 13.8 Å². The molecule has 3 atom stereocenters. The first-order chi connectivity index (χ1) is 8.06. The fourth-order valence-electron chi connectivity index (χ4n) is 2.86. The standard InChI is InChI=1S/C10H12O8/c1-3-4(5(11)12)10(7(15)16,8(17)18)9(3,2)6(13)14/h3-4H,1-2H3,(H,11,12)(H,13,14)(H,15,16)(H,17,18). The molecule has 0 radical (unpaired) electrons. The van der Waals surface area contributed by atoms with E-state index in [0.29, 0.717) is 0 Å². The predicted octanol–water partition coefficient (Wildman–Crippen LogP) is -0.417. The zero-order chi connectivity index (χ0) is 14.5. The van der Waals surface area contributed by atoms with Crippen molar-refractivity contribution in [3.63, 3.8) is 0 Å². The lowest BCUT2D eigenvalue weighted by molar-refractivity contribution is -0.235. The minimum Gasteiger partial charge on any atom is -0.481 e. The third-order valence-corrected chi connectivity index (χ3v) is 4.08. The predicted molar refractivity (Wildman–Crippen MR) is 53.7 cm³/mol. The van der Waals surface area contributed by atoms with Crippen LogP contribution in [0.25, 0.3) is 0 Å². The molecule has 1 aliphatic rings. The van der Waals surface area contributed by atoms with Gasteiger partial charge in [0.15, 0.2) is 5.41 Å². The first-order valence-electron chi connectivity index (χ1n) is 4.99. The van der Waals surface area contributed by atoms with Crippen LogP contribution in [-0.4, -0.2) is 44.3 Å². The fraction of sp³-hybridized carbons (Fsp3) is 0.600. The lowest BCUT2D eigenvalue weighted by atomic mass is 9.38. The van der Waals surface area contributed by atoms with Crippen molar-refractivity contribution in [3.05, 3.63) is 0 Å². The van der Waals surface area contributed by atoms with Gasteiger partial charge in [-0.1, -0.05) is 6.92 Å². The highest BCUT2D eigenvalue weighted by atomic mass is 16.4. The summed E-state index contributed by atoms with van der Waals surface area (Å²) in [6.07, 6.45) is 0. The normalized spacial score (nSPS) is 33.2. The van der Waals surface area contributed by atoms with Crippen molar-refractivity contribution in [3.8, 4) is 0 Å². The Kier molecular flexibility index (Phi) is 2.86. The van der Waals surface area contributed by atoms with Crippen LogP contribution in [0.1, 0.15) is 13.8 Å². The van der Waals surface area contributed by atoms with E-state index < -0.39 is 46.5 Å². The van der Waals surface area contributed by atoms with Gasteiger partial charge < -0.3 is 20.4 Å². The Bertz CT molecular complexity index is 439. The second-order valence-electron chi connectivity index (χ2n) is 4.53. The number of rotatable bonds is 4. The number of carboxylic acid groups (broad SMARTS) is 4. The lowest BCUT2D eigenvalue weighted by Gasteiger charge is -2.57. The average molecular weight is 260 g/mol. The van der Waals surface area contributed by atoms with Gasteiger partial charge in [0.2, 0.25) is 0 Å². The maximum absolute atomic E-state index is 11.2. The largest absolute Gasteiger partial charge is 0.481 e. The van der Waals surface area contributed by atoms with Crippen LogP contribution in [-0.2, 0) is 19.2 Å². The molecule has 0 amide bonds. The molecule has 8 nitrogen and oxygen atoms in total. The number of carbonyl (C=O) groups is 4. The SMILES string of the molecule is CC1C(C(=O)O)C(C(=O)O)(C(=O)O)C1(C)C(=O)O. The van der Waals surface area contributed by atoms with Crippen LogP contribution in [0.4, 0.5) is 0 Å². The lowest BCUT2D eigenvalue weighted by Crippen LogP contribution is -2.75. The zero-order valence-electron chi connectivity index (χ0n) is 9.58. The molecule has 1 fully saturated rings. The molecule has 1 saturated carbocycles. The smallest absolute Gasteiger partial charge is 0.323 e. The Balaban J connectivity index is 3.58. The molecule has 8 heteroatoms. The Labute approximate surface area is 101 Å². The first kappa shape index (κ1) is 13.9. The molecule has 4 N–H and O–H groups in total. The van der Waals surface area contributed by atoms with Crippen molar-refractivity contribution in [2.24, 2.45) is 22.7 Å². The highest BCUT2D eigenvalue weighted by molar-refractivity contribution is 6.10. The van der Waals surface area contributed by atoms with Crippen LogP contribution >= 0.6 is 0 Å². The highest BCUT2D eigenvalue weighted by Crippen LogP contribution is 2.65. The van der Waals surface area contributed by atoms with E-state index in [9.17, 15) is 19.2 Å². The maximum Gasteiger partial charge on any atom is 0.323 e. The van der Waals surface area contributed by atoms with Crippen molar-refractivity contribution < 1.29 is 39.6 Å². The third-order valence-electron chi connectivity index (χ3n) is 4.08. The summed E-state index contributed by atoms with van der Waals surface area (Å²) in [5.41, 5.74) is -5.03. The summed E-state index contributed by atoms with van der Waals surface area (Å²) in [4.78, 5) is 44.6. The van der Waals surface area contributed by atoms with E-state index in [1.54, 1.807) is 0 Å². The van der Waals surface area contributed by atoms with Gasteiger partial charge in [-0.3, -0.25) is 19.2 Å². The van der Waals surface area contributed by atoms with Crippen LogP contribution in [0.15, 0.2) is 0 Å². The van der Waals surface area contributed by atoms with Crippen molar-refractivity contribution in [2.75, 3.05) is 0 Å². The molecule has 3 unspecified atom stereocenters. The van der Waals surface area contributed by atoms with Gasteiger partial charge in [-0.05, 0) is 12.8 Å². The molecule has 0 aromatic rings. The molecule has 0 aromatic heterocycles. The maximum atomic E-state index is 11.2. The fourth-order valence-corrected chi connectivity index (χ4v) is 2.86. The van der Waals surface area contributed by atoms with Crippen LogP contribution < -0.4 is 0 Å². The molecule has 0 aliphatic heterocycles. The Hall–Kier alpha value is -2.12. The van der Waals surface area contributed by atoms with E-state index in [4.69, 9.17) is 20.4 Å². The number of hydrogen-bond acceptors (Lipinski definition) is 4. The van der Waals surface area contributed by atoms with E-state index >= 15 is 0 Å². The zero-order valence-corrected chi connectivity index (χ0v) is 9.58. The van der Waals surface area contributed by atoms with Gasteiger partial charge >= 0.3 is 23.9 Å². The molecule has 0 bridgehead atoms. The molecular formula is C10H12O8. The number of aliphatic carboxylic acids is 4. The molecule has 18 heavy (non-hydrogen) atoms. The second-order valence-corrected chi connectivity index (χ2v) is 4.53. The highest BCUT2D eigenvalue weighted by Gasteiger charge is 2.82. The minimum absolute atomic E-state index is 0.946. The van der Waals surface area contributed by atoms with E-state index in [1.807, 2.05) is 0 Å². The molecule has 0 saturated heterocycles. The van der Waals surface area contributed by atoms with Crippen LogP contribution in [0.3, 0.4) is 0 Å². The number of carboxylic acids is 4. The Morgan fingerprint density at radius 3 is 1.50 bits per heavy atom. The number of hydrogen-bond donors (Lipinski definition) is 4. The van der Waals surface area contributed by atoms with Crippen molar-refractivity contribution in [1.29, 1.82) is 0 Å². The average Bonchev–Trinajstić information content (AvgIpc) is 2.20. The monoisotopic (exact) mass is 260 g/mol. The van der Waals surface area contributed by atoms with Gasteiger partial charge in [0.1, 0.15) is 0 Å². The van der Waals surface area contributed by atoms with E-state index in [0.717, 1.165) is 6.92 Å². The van der Waals surface area contributed by atoms with Gasteiger partial charge in [0.25, 0.3) is 0 Å². The molecule has 0 aromatic carbocycles. The summed E-state index contributed by atoms with van der Waals surface area (Å²) < 4.78 is 0. The molecule has 0 heterocycles. The third kappa shape index (κ3) is 1.14. The topological polar surface area (TPSA) is 149 Å². The molecule has 100 valence electrons. The van der Waals surface area contributed by atoms with E-state index in [-0.39, 0.29) is 0 Å². The molecular weight excluding hydrogens is 248 g/mol. The molecule has 0 spiro atoms. The Morgan fingerprint density at radius 1 is 0.889 bits per heavy atom. The Morgan fingerprint density at radius 2 is 1.28 bits per heavy atom. The summed E-state index contributed by atoms with van der Waals surface area (Å²) >= 11 is 0. The van der Waals surface area contributed by atoms with Crippen LogP contribution in [0.5, 0.6) is 0 Å². The van der Waals surface area contributed by atoms with Gasteiger partial charge in [-0.25, -0.2) is 0 Å². The van der Waals surface area contributed by atoms with Gasteiger partial charge in [0.05, 0.1) is 11.3 Å². The van der Waals surface area contributed by atoms with E-state index in [2.05, 4.69) is 0 Å². The van der Waals surface area contributed by atoms with Crippen molar-refractivity contribution in [1.82, 2.24) is 0 Å². The van der Waals surface area contributed by atoms with Gasteiger partial charge in [0, 0.05) is 0 Å². The summed E-state index contributed by atoms with van der Waals surface area (Å²) in [5, 5.41) is 36.1. The molecule has 1 rings (SSSR count). The van der Waals surface area contributed by atoms with E-state index in [1.165, 1.54) is 6.92 Å². The quantitative estimate of drug-likeness (QED) is 0.498. The van der Waals surface area contributed by atoms with Crippen molar-refractivity contribution >= 4 is 23.9 Å². The van der Waals surface area contributed by atoms with Gasteiger partial charge in [-0.15, -0.1) is 0 Å². The summed E-state index contributed by atoms with van der Waals surface area (Å²) in [6, 6.07) is 0. The summed E-state index contributed by atoms with van der Waals surface area (Å²) in [7, 11) is 0. The first-order valence-corrected chi connectivity index (χ1v) is 4.99. The van der Waals surface area contributed by atoms with Crippen LogP contribution in [0.2, 0.25) is 0 Å². The summed E-state index contributed by atoms with van der Waals surface area (Å²) in [5.74, 6) is -10.1. The van der Waals surface area contributed by atoms with Crippen LogP contribution in [0, 0.1) is 22.7 Å².